The Bertz CT molecular complexity index is 435. The highest BCUT2D eigenvalue weighted by molar-refractivity contribution is 5.82. The van der Waals surface area contributed by atoms with Crippen molar-refractivity contribution in [3.05, 3.63) is 35.9 Å². The first-order valence-electron chi connectivity index (χ1n) is 7.01. The molecule has 0 spiro atoms. The smallest absolute Gasteiger partial charge is 0.256 e. The van der Waals surface area contributed by atoms with Crippen molar-refractivity contribution in [1.82, 2.24) is 10.2 Å². The normalized spacial score (nSPS) is 27.9. The molecule has 2 fully saturated rings. The number of aliphatic hydroxyl groups is 1. The minimum Gasteiger partial charge on any atom is -0.378 e. The van der Waals surface area contributed by atoms with E-state index >= 15 is 0 Å². The molecule has 0 aromatic heterocycles. The van der Waals surface area contributed by atoms with Crippen molar-refractivity contribution < 1.29 is 9.90 Å². The molecule has 2 aliphatic rings. The molecule has 19 heavy (non-hydrogen) atoms. The second kappa shape index (κ2) is 5.31. The van der Waals surface area contributed by atoms with E-state index < -0.39 is 6.10 Å². The molecule has 1 amide bonds. The third-order valence-corrected chi connectivity index (χ3v) is 4.26. The van der Waals surface area contributed by atoms with E-state index in [9.17, 15) is 9.90 Å². The Morgan fingerprint density at radius 3 is 2.84 bits per heavy atom. The van der Waals surface area contributed by atoms with Crippen LogP contribution in [-0.4, -0.2) is 41.6 Å². The first kappa shape index (κ1) is 12.6. The summed E-state index contributed by atoms with van der Waals surface area (Å²) in [5, 5.41) is 13.6. The van der Waals surface area contributed by atoms with Gasteiger partial charge in [-0.15, -0.1) is 0 Å². The molecule has 4 nitrogen and oxygen atoms in total. The van der Waals surface area contributed by atoms with E-state index in [-0.39, 0.29) is 5.91 Å². The maximum atomic E-state index is 12.3. The number of likely N-dealkylation sites (tertiary alicyclic amines) is 1. The van der Waals surface area contributed by atoms with E-state index in [1.54, 1.807) is 12.1 Å². The van der Waals surface area contributed by atoms with Crippen molar-refractivity contribution in [2.45, 2.75) is 25.0 Å². The van der Waals surface area contributed by atoms with E-state index in [4.69, 9.17) is 0 Å². The molecule has 0 saturated carbocycles. The molecule has 2 aliphatic heterocycles. The van der Waals surface area contributed by atoms with Crippen molar-refractivity contribution in [2.75, 3.05) is 19.6 Å². The lowest BCUT2D eigenvalue weighted by atomic mass is 9.94. The molecule has 4 heteroatoms. The summed E-state index contributed by atoms with van der Waals surface area (Å²) in [5.74, 6) is 0.392. The van der Waals surface area contributed by atoms with Crippen LogP contribution in [0.1, 0.15) is 24.5 Å². The van der Waals surface area contributed by atoms with Crippen LogP contribution >= 0.6 is 0 Å². The van der Waals surface area contributed by atoms with Crippen LogP contribution < -0.4 is 5.32 Å². The van der Waals surface area contributed by atoms with Gasteiger partial charge < -0.3 is 15.3 Å². The van der Waals surface area contributed by atoms with Crippen molar-refractivity contribution in [3.8, 4) is 0 Å². The second-order valence-corrected chi connectivity index (χ2v) is 5.52. The molecule has 1 aromatic carbocycles. The molecule has 102 valence electrons. The summed E-state index contributed by atoms with van der Waals surface area (Å²) in [6.07, 6.45) is 1.34. The number of benzene rings is 1. The van der Waals surface area contributed by atoms with Gasteiger partial charge in [0.25, 0.3) is 5.91 Å². The van der Waals surface area contributed by atoms with Crippen LogP contribution in [0.25, 0.3) is 0 Å². The Labute approximate surface area is 113 Å². The van der Waals surface area contributed by atoms with E-state index in [0.717, 1.165) is 19.6 Å². The molecule has 3 unspecified atom stereocenters. The van der Waals surface area contributed by atoms with Crippen molar-refractivity contribution in [1.29, 1.82) is 0 Å². The van der Waals surface area contributed by atoms with Gasteiger partial charge >= 0.3 is 0 Å². The first-order valence-corrected chi connectivity index (χ1v) is 7.01. The molecule has 0 aliphatic carbocycles. The number of hydrogen-bond acceptors (Lipinski definition) is 3. The molecule has 2 N–H and O–H groups in total. The van der Waals surface area contributed by atoms with Crippen molar-refractivity contribution in [3.63, 3.8) is 0 Å². The lowest BCUT2D eigenvalue weighted by Gasteiger charge is -2.24. The van der Waals surface area contributed by atoms with Crippen LogP contribution in [0, 0.1) is 5.92 Å². The van der Waals surface area contributed by atoms with Gasteiger partial charge in [-0.25, -0.2) is 0 Å². The number of aliphatic hydroxyl groups excluding tert-OH is 1. The minimum absolute atomic E-state index is 0.164. The van der Waals surface area contributed by atoms with Gasteiger partial charge in [-0.1, -0.05) is 30.3 Å². The molecule has 0 radical (unpaired) electrons. The molecule has 2 saturated heterocycles. The lowest BCUT2D eigenvalue weighted by molar-refractivity contribution is -0.139. The van der Waals surface area contributed by atoms with Gasteiger partial charge in [-0.05, 0) is 30.9 Å². The van der Waals surface area contributed by atoms with Gasteiger partial charge in [-0.2, -0.15) is 0 Å². The Hall–Kier alpha value is -1.39. The number of fused-ring (bicyclic) bond motifs is 1. The standard InChI is InChI=1S/C15H20N2O2/c18-14(11-5-2-1-3-6-11)15(19)17-9-12-7-4-8-16-13(12)10-17/h1-3,5-6,12-14,16,18H,4,7-10H2. The Morgan fingerprint density at radius 2 is 2.11 bits per heavy atom. The van der Waals surface area contributed by atoms with Crippen molar-refractivity contribution >= 4 is 5.91 Å². The van der Waals surface area contributed by atoms with Crippen LogP contribution in [0.5, 0.6) is 0 Å². The van der Waals surface area contributed by atoms with Crippen LogP contribution in [0.4, 0.5) is 0 Å². The van der Waals surface area contributed by atoms with E-state index in [2.05, 4.69) is 5.32 Å². The summed E-state index contributed by atoms with van der Waals surface area (Å²) in [6.45, 7) is 2.55. The topological polar surface area (TPSA) is 52.6 Å². The fraction of sp³-hybridized carbons (Fsp3) is 0.533. The molecular formula is C15H20N2O2. The van der Waals surface area contributed by atoms with Gasteiger partial charge in [-0.3, -0.25) is 4.79 Å². The fourth-order valence-corrected chi connectivity index (χ4v) is 3.18. The zero-order chi connectivity index (χ0) is 13.2. The molecule has 1 aromatic rings. The lowest BCUT2D eigenvalue weighted by Crippen LogP contribution is -2.41. The summed E-state index contributed by atoms with van der Waals surface area (Å²) in [5.41, 5.74) is 0.676. The number of carbonyl (C=O) groups is 1. The molecule has 3 atom stereocenters. The summed E-state index contributed by atoms with van der Waals surface area (Å²) >= 11 is 0. The van der Waals surface area contributed by atoms with Crippen LogP contribution in [-0.2, 0) is 4.79 Å². The average Bonchev–Trinajstić information content (AvgIpc) is 2.90. The van der Waals surface area contributed by atoms with Crippen LogP contribution in [0.2, 0.25) is 0 Å². The minimum atomic E-state index is -1.03. The van der Waals surface area contributed by atoms with E-state index in [0.29, 0.717) is 17.5 Å². The Kier molecular flexibility index (Phi) is 3.53. The second-order valence-electron chi connectivity index (χ2n) is 5.52. The van der Waals surface area contributed by atoms with Gasteiger partial charge in [0.1, 0.15) is 0 Å². The molecule has 3 rings (SSSR count). The highest BCUT2D eigenvalue weighted by atomic mass is 16.3. The number of nitrogens with zero attached hydrogens (tertiary/aromatic N) is 1. The third kappa shape index (κ3) is 2.51. The Morgan fingerprint density at radius 1 is 1.32 bits per heavy atom. The van der Waals surface area contributed by atoms with Crippen molar-refractivity contribution in [2.24, 2.45) is 5.92 Å². The number of hydrogen-bond donors (Lipinski definition) is 2. The maximum absolute atomic E-state index is 12.3. The molecule has 0 bridgehead atoms. The predicted octanol–water partition coefficient (Wildman–Crippen LogP) is 0.930. The van der Waals surface area contributed by atoms with Crippen LogP contribution in [0.15, 0.2) is 30.3 Å². The predicted molar refractivity (Wildman–Crippen MR) is 72.5 cm³/mol. The highest BCUT2D eigenvalue weighted by Crippen LogP contribution is 2.27. The number of carbonyl (C=O) groups excluding carboxylic acids is 1. The number of nitrogens with one attached hydrogen (secondary N) is 1. The molecular weight excluding hydrogens is 240 g/mol. The first-order chi connectivity index (χ1) is 9.25. The van der Waals surface area contributed by atoms with Gasteiger partial charge in [0.05, 0.1) is 0 Å². The van der Waals surface area contributed by atoms with Gasteiger partial charge in [0.2, 0.25) is 0 Å². The average molecular weight is 260 g/mol. The maximum Gasteiger partial charge on any atom is 0.256 e. The SMILES string of the molecule is O=C(C(O)c1ccccc1)N1CC2CCCNC2C1. The summed E-state index contributed by atoms with van der Waals surface area (Å²) < 4.78 is 0. The third-order valence-electron chi connectivity index (χ3n) is 4.26. The number of amides is 1. The highest BCUT2D eigenvalue weighted by Gasteiger charge is 2.38. The molecule has 2 heterocycles. The summed E-state index contributed by atoms with van der Waals surface area (Å²) in [6, 6.07) is 9.58. The number of rotatable bonds is 2. The summed E-state index contributed by atoms with van der Waals surface area (Å²) in [7, 11) is 0. The van der Waals surface area contributed by atoms with E-state index in [1.807, 2.05) is 23.1 Å². The zero-order valence-electron chi connectivity index (χ0n) is 11.0. The summed E-state index contributed by atoms with van der Waals surface area (Å²) in [4.78, 5) is 14.1. The zero-order valence-corrected chi connectivity index (χ0v) is 11.0. The Balaban J connectivity index is 1.68. The largest absolute Gasteiger partial charge is 0.378 e. The van der Waals surface area contributed by atoms with Crippen LogP contribution in [0.3, 0.4) is 0 Å². The van der Waals surface area contributed by atoms with Gasteiger partial charge in [0, 0.05) is 19.1 Å². The number of piperidine rings is 1. The monoisotopic (exact) mass is 260 g/mol. The van der Waals surface area contributed by atoms with Gasteiger partial charge in [0.15, 0.2) is 6.10 Å². The van der Waals surface area contributed by atoms with E-state index in [1.165, 1.54) is 12.8 Å². The fourth-order valence-electron chi connectivity index (χ4n) is 3.18. The quantitative estimate of drug-likeness (QED) is 0.832.